The van der Waals surface area contributed by atoms with Crippen molar-refractivity contribution in [3.8, 4) is 5.75 Å². The molecule has 19 heavy (non-hydrogen) atoms. The maximum absolute atomic E-state index is 11.9. The smallest absolute Gasteiger partial charge is 0.174 e. The Hall–Kier alpha value is -2.20. The van der Waals surface area contributed by atoms with Crippen molar-refractivity contribution in [1.82, 2.24) is 4.98 Å². The van der Waals surface area contributed by atoms with E-state index in [9.17, 15) is 14.7 Å². The topological polar surface area (TPSA) is 67.3 Å². The number of pyridine rings is 1. The van der Waals surface area contributed by atoms with Crippen molar-refractivity contribution in [3.05, 3.63) is 58.9 Å². The molecule has 96 valence electrons. The van der Waals surface area contributed by atoms with Gasteiger partial charge in [-0.1, -0.05) is 17.7 Å². The van der Waals surface area contributed by atoms with Crippen LogP contribution in [0.25, 0.3) is 0 Å². The van der Waals surface area contributed by atoms with E-state index in [4.69, 9.17) is 11.6 Å². The highest BCUT2D eigenvalue weighted by atomic mass is 35.5. The molecular weight excluding hydrogens is 266 g/mol. The average molecular weight is 276 g/mol. The number of rotatable bonds is 4. The van der Waals surface area contributed by atoms with Crippen LogP contribution in [0.15, 0.2) is 42.7 Å². The van der Waals surface area contributed by atoms with Gasteiger partial charge in [0.05, 0.1) is 17.0 Å². The maximum Gasteiger partial charge on any atom is 0.174 e. The summed E-state index contributed by atoms with van der Waals surface area (Å²) in [5, 5.41) is 9.76. The van der Waals surface area contributed by atoms with E-state index in [0.29, 0.717) is 5.56 Å². The molecule has 4 nitrogen and oxygen atoms in total. The Morgan fingerprint density at radius 3 is 2.63 bits per heavy atom. The van der Waals surface area contributed by atoms with Crippen molar-refractivity contribution in [2.75, 3.05) is 0 Å². The van der Waals surface area contributed by atoms with Crippen LogP contribution in [-0.2, 0) is 0 Å². The number of carbonyl (C=O) groups is 2. The van der Waals surface area contributed by atoms with Crippen LogP contribution in [0, 0.1) is 0 Å². The van der Waals surface area contributed by atoms with E-state index in [2.05, 4.69) is 4.98 Å². The molecule has 1 N–H and O–H groups in total. The molecule has 0 atom stereocenters. The molecular formula is C14H10ClNO3. The molecule has 2 aromatic rings. The summed E-state index contributed by atoms with van der Waals surface area (Å²) in [6.07, 6.45) is 2.61. The fraction of sp³-hybridized carbons (Fsp3) is 0.0714. The number of benzene rings is 1. The molecule has 0 aliphatic heterocycles. The third kappa shape index (κ3) is 2.98. The Morgan fingerprint density at radius 2 is 1.95 bits per heavy atom. The first-order chi connectivity index (χ1) is 9.09. The van der Waals surface area contributed by atoms with Gasteiger partial charge < -0.3 is 5.11 Å². The van der Waals surface area contributed by atoms with Crippen LogP contribution in [0.5, 0.6) is 5.75 Å². The van der Waals surface area contributed by atoms with Gasteiger partial charge in [0.25, 0.3) is 0 Å². The van der Waals surface area contributed by atoms with Crippen molar-refractivity contribution in [2.45, 2.75) is 6.42 Å². The van der Waals surface area contributed by atoms with Crippen molar-refractivity contribution in [3.63, 3.8) is 0 Å². The highest BCUT2D eigenvalue weighted by molar-refractivity contribution is 6.32. The lowest BCUT2D eigenvalue weighted by atomic mass is 10.0. The Morgan fingerprint density at radius 1 is 1.16 bits per heavy atom. The molecule has 0 unspecified atom stereocenters. The Kier molecular flexibility index (Phi) is 3.92. The number of aromatic nitrogens is 1. The molecule has 0 fully saturated rings. The summed E-state index contributed by atoms with van der Waals surface area (Å²) in [6, 6.07) is 7.65. The molecule has 2 rings (SSSR count). The molecule has 0 saturated carbocycles. The number of carbonyl (C=O) groups excluding carboxylic acids is 2. The normalized spacial score (nSPS) is 10.2. The minimum absolute atomic E-state index is 0.0461. The molecule has 1 aromatic carbocycles. The lowest BCUT2D eigenvalue weighted by Crippen LogP contribution is -2.09. The summed E-state index contributed by atoms with van der Waals surface area (Å²) in [5.74, 6) is -1.13. The second-order valence-electron chi connectivity index (χ2n) is 3.90. The molecule has 0 amide bonds. The number of hydrogen-bond donors (Lipinski definition) is 1. The predicted molar refractivity (Wildman–Crippen MR) is 70.6 cm³/mol. The molecule has 0 aliphatic rings. The van der Waals surface area contributed by atoms with Crippen LogP contribution in [0.4, 0.5) is 0 Å². The summed E-state index contributed by atoms with van der Waals surface area (Å²) < 4.78 is 0. The van der Waals surface area contributed by atoms with Gasteiger partial charge in [-0.05, 0) is 24.3 Å². The van der Waals surface area contributed by atoms with Crippen molar-refractivity contribution < 1.29 is 14.7 Å². The molecule has 0 aliphatic carbocycles. The summed E-state index contributed by atoms with van der Waals surface area (Å²) in [5.41, 5.74) is 0.405. The third-order valence-corrected chi connectivity index (χ3v) is 2.90. The van der Waals surface area contributed by atoms with Crippen LogP contribution in [0.3, 0.4) is 0 Å². The highest BCUT2D eigenvalue weighted by Gasteiger charge is 2.17. The van der Waals surface area contributed by atoms with Gasteiger partial charge in [0.1, 0.15) is 5.75 Å². The fourth-order valence-corrected chi connectivity index (χ4v) is 1.79. The lowest BCUT2D eigenvalue weighted by molar-refractivity contribution is 0.0893. The zero-order valence-electron chi connectivity index (χ0n) is 9.84. The standard InChI is InChI=1S/C14H10ClNO3/c15-11-5-1-4-10(14(11)19)13(18)7-12(17)9-3-2-6-16-8-9/h1-6,8,19H,7H2. The summed E-state index contributed by atoms with van der Waals surface area (Å²) in [6.45, 7) is 0. The minimum atomic E-state index is -0.478. The van der Waals surface area contributed by atoms with Gasteiger partial charge in [-0.25, -0.2) is 0 Å². The predicted octanol–water partition coefficient (Wildman–Crippen LogP) is 2.90. The SMILES string of the molecule is O=C(CC(=O)c1cccc(Cl)c1O)c1cccnc1. The van der Waals surface area contributed by atoms with Gasteiger partial charge in [0.2, 0.25) is 0 Å². The summed E-state index contributed by atoms with van der Waals surface area (Å²) in [4.78, 5) is 27.6. The van der Waals surface area contributed by atoms with E-state index < -0.39 is 5.78 Å². The fourth-order valence-electron chi connectivity index (χ4n) is 1.61. The van der Waals surface area contributed by atoms with Gasteiger partial charge >= 0.3 is 0 Å². The van der Waals surface area contributed by atoms with Gasteiger partial charge in [-0.3, -0.25) is 14.6 Å². The van der Waals surface area contributed by atoms with Crippen molar-refractivity contribution in [2.24, 2.45) is 0 Å². The molecule has 0 spiro atoms. The van der Waals surface area contributed by atoms with E-state index in [1.807, 2.05) is 0 Å². The lowest BCUT2D eigenvalue weighted by Gasteiger charge is -2.04. The van der Waals surface area contributed by atoms with E-state index in [0.717, 1.165) is 0 Å². The Labute approximate surface area is 114 Å². The van der Waals surface area contributed by atoms with Gasteiger partial charge in [-0.15, -0.1) is 0 Å². The van der Waals surface area contributed by atoms with Gasteiger partial charge in [0.15, 0.2) is 11.6 Å². The van der Waals surface area contributed by atoms with E-state index in [-0.39, 0.29) is 28.5 Å². The van der Waals surface area contributed by atoms with Gasteiger partial charge in [-0.2, -0.15) is 0 Å². The minimum Gasteiger partial charge on any atom is -0.506 e. The number of Topliss-reactive ketones (excluding diaryl/α,β-unsaturated/α-hetero) is 2. The Bertz CT molecular complexity index is 626. The second-order valence-corrected chi connectivity index (χ2v) is 4.31. The first kappa shape index (κ1) is 13.2. The largest absolute Gasteiger partial charge is 0.506 e. The number of halogens is 1. The van der Waals surface area contributed by atoms with Crippen molar-refractivity contribution in [1.29, 1.82) is 0 Å². The number of ketones is 2. The van der Waals surface area contributed by atoms with Crippen LogP contribution in [0.1, 0.15) is 27.1 Å². The maximum atomic E-state index is 11.9. The summed E-state index contributed by atoms with van der Waals surface area (Å²) in [7, 11) is 0. The molecule has 5 heteroatoms. The number of nitrogens with zero attached hydrogens (tertiary/aromatic N) is 1. The number of aromatic hydroxyl groups is 1. The second kappa shape index (κ2) is 5.63. The van der Waals surface area contributed by atoms with Crippen LogP contribution in [-0.4, -0.2) is 21.7 Å². The third-order valence-electron chi connectivity index (χ3n) is 2.59. The molecule has 0 radical (unpaired) electrons. The first-order valence-electron chi connectivity index (χ1n) is 5.53. The van der Waals surface area contributed by atoms with Crippen LogP contribution < -0.4 is 0 Å². The molecule has 0 saturated heterocycles. The monoisotopic (exact) mass is 275 g/mol. The number of para-hydroxylation sites is 1. The molecule has 0 bridgehead atoms. The summed E-state index contributed by atoms with van der Waals surface area (Å²) >= 11 is 5.71. The average Bonchev–Trinajstić information content (AvgIpc) is 2.42. The van der Waals surface area contributed by atoms with E-state index in [1.165, 1.54) is 18.3 Å². The zero-order chi connectivity index (χ0) is 13.8. The molecule has 1 aromatic heterocycles. The van der Waals surface area contributed by atoms with Gasteiger partial charge in [0, 0.05) is 18.0 Å². The van der Waals surface area contributed by atoms with Crippen molar-refractivity contribution >= 4 is 23.2 Å². The highest BCUT2D eigenvalue weighted by Crippen LogP contribution is 2.28. The number of hydrogen-bond acceptors (Lipinski definition) is 4. The first-order valence-corrected chi connectivity index (χ1v) is 5.91. The van der Waals surface area contributed by atoms with E-state index >= 15 is 0 Å². The number of phenols is 1. The Balaban J connectivity index is 2.18. The van der Waals surface area contributed by atoms with Crippen LogP contribution in [0.2, 0.25) is 5.02 Å². The zero-order valence-corrected chi connectivity index (χ0v) is 10.6. The quantitative estimate of drug-likeness (QED) is 0.688. The van der Waals surface area contributed by atoms with E-state index in [1.54, 1.807) is 24.4 Å². The number of phenolic OH excluding ortho intramolecular Hbond substituents is 1. The van der Waals surface area contributed by atoms with Crippen LogP contribution >= 0.6 is 11.6 Å². The molecule has 1 heterocycles.